The Kier molecular flexibility index (Phi) is 8.35. The number of carbonyl (C=O) groups is 1. The van der Waals surface area contributed by atoms with Crippen LogP contribution in [0.4, 0.5) is 18.9 Å². The summed E-state index contributed by atoms with van der Waals surface area (Å²) in [6.45, 7) is -1.52. The zero-order chi connectivity index (χ0) is 28.0. The third-order valence-electron chi connectivity index (χ3n) is 5.27. The molecule has 1 amide bonds. The first-order chi connectivity index (χ1) is 18.6. The minimum absolute atomic E-state index is 0.0294. The van der Waals surface area contributed by atoms with E-state index < -0.39 is 40.7 Å². The Morgan fingerprint density at radius 3 is 2.08 bits per heavy atom. The van der Waals surface area contributed by atoms with Crippen LogP contribution in [0, 0.1) is 10.1 Å². The predicted molar refractivity (Wildman–Crippen MR) is 134 cm³/mol. The highest BCUT2D eigenvalue weighted by molar-refractivity contribution is 6.32. The van der Waals surface area contributed by atoms with Gasteiger partial charge in [0.15, 0.2) is 0 Å². The van der Waals surface area contributed by atoms with Gasteiger partial charge in [-0.05, 0) is 17.2 Å². The van der Waals surface area contributed by atoms with Gasteiger partial charge in [0.25, 0.3) is 5.91 Å². The van der Waals surface area contributed by atoms with Crippen molar-refractivity contribution in [3.8, 4) is 22.8 Å². The van der Waals surface area contributed by atoms with Crippen LogP contribution in [0.3, 0.4) is 0 Å². The Morgan fingerprint density at radius 2 is 1.54 bits per heavy atom. The van der Waals surface area contributed by atoms with Crippen LogP contribution in [-0.2, 0) is 13.2 Å². The number of benzene rings is 3. The molecule has 1 N–H and O–H groups in total. The fourth-order valence-electron chi connectivity index (χ4n) is 3.46. The highest BCUT2D eigenvalue weighted by Gasteiger charge is 2.36. The molecule has 4 rings (SSSR count). The maximum absolute atomic E-state index is 12.6. The zero-order valence-electron chi connectivity index (χ0n) is 19.9. The summed E-state index contributed by atoms with van der Waals surface area (Å²) in [6, 6.07) is 20.9. The highest BCUT2D eigenvalue weighted by atomic mass is 35.5. The van der Waals surface area contributed by atoms with Gasteiger partial charge in [0.1, 0.15) is 31.3 Å². The molecule has 0 atom stereocenters. The lowest BCUT2D eigenvalue weighted by molar-refractivity contribution is -0.384. The first-order valence-corrected chi connectivity index (χ1v) is 11.7. The summed E-state index contributed by atoms with van der Waals surface area (Å²) >= 11 is 6.42. The fourth-order valence-corrected chi connectivity index (χ4v) is 3.68. The van der Waals surface area contributed by atoms with E-state index >= 15 is 0 Å². The van der Waals surface area contributed by atoms with Gasteiger partial charge in [-0.15, -0.1) is 0 Å². The van der Waals surface area contributed by atoms with Crippen LogP contribution < -0.4 is 14.8 Å². The van der Waals surface area contributed by atoms with E-state index in [9.17, 15) is 28.1 Å². The predicted octanol–water partition coefficient (Wildman–Crippen LogP) is 6.35. The normalized spacial score (nSPS) is 11.2. The molecule has 0 aliphatic rings. The summed E-state index contributed by atoms with van der Waals surface area (Å²) in [5.74, 6) is -1.74. The molecule has 3 aromatic carbocycles. The summed E-state index contributed by atoms with van der Waals surface area (Å²) in [4.78, 5) is 23.2. The second-order valence-corrected chi connectivity index (χ2v) is 8.50. The topological polar surface area (TPSA) is 117 Å². The number of nitro groups is 1. The van der Waals surface area contributed by atoms with Crippen molar-refractivity contribution < 1.29 is 36.9 Å². The van der Waals surface area contributed by atoms with E-state index in [-0.39, 0.29) is 35.3 Å². The Morgan fingerprint density at radius 1 is 0.974 bits per heavy atom. The van der Waals surface area contributed by atoms with Gasteiger partial charge in [-0.1, -0.05) is 77.4 Å². The lowest BCUT2D eigenvalue weighted by atomic mass is 10.1. The minimum Gasteiger partial charge on any atom is -0.488 e. The number of aromatic nitrogens is 1. The van der Waals surface area contributed by atoms with Gasteiger partial charge in [-0.3, -0.25) is 14.9 Å². The van der Waals surface area contributed by atoms with Crippen LogP contribution in [0.2, 0.25) is 5.02 Å². The first-order valence-electron chi connectivity index (χ1n) is 11.3. The molecule has 1 heterocycles. The molecule has 0 saturated carbocycles. The summed E-state index contributed by atoms with van der Waals surface area (Å²) in [6.07, 6.45) is -4.74. The van der Waals surface area contributed by atoms with Crippen molar-refractivity contribution in [2.45, 2.75) is 19.4 Å². The molecule has 0 unspecified atom stereocenters. The molecule has 0 spiro atoms. The van der Waals surface area contributed by atoms with Crippen LogP contribution in [0.5, 0.6) is 11.5 Å². The molecule has 0 aliphatic heterocycles. The molecule has 0 bridgehead atoms. The molecule has 0 aliphatic carbocycles. The lowest BCUT2D eigenvalue weighted by Gasteiger charge is -2.14. The summed E-state index contributed by atoms with van der Waals surface area (Å²) in [5.41, 5.74) is -0.326. The third kappa shape index (κ3) is 7.05. The van der Waals surface area contributed by atoms with Crippen molar-refractivity contribution in [3.05, 3.63) is 105 Å². The maximum atomic E-state index is 12.6. The fraction of sp³-hybridized carbons (Fsp3) is 0.154. The van der Waals surface area contributed by atoms with E-state index in [2.05, 4.69) is 5.16 Å². The average Bonchev–Trinajstić information content (AvgIpc) is 3.36. The summed E-state index contributed by atoms with van der Waals surface area (Å²) < 4.78 is 54.5. The third-order valence-corrected chi connectivity index (χ3v) is 5.56. The van der Waals surface area contributed by atoms with Crippen LogP contribution in [0.1, 0.15) is 21.6 Å². The smallest absolute Gasteiger partial charge is 0.405 e. The van der Waals surface area contributed by atoms with Crippen molar-refractivity contribution in [1.82, 2.24) is 10.5 Å². The summed E-state index contributed by atoms with van der Waals surface area (Å²) in [5, 5.41) is 16.8. The molecule has 202 valence electrons. The summed E-state index contributed by atoms with van der Waals surface area (Å²) in [7, 11) is 0. The number of alkyl halides is 3. The SMILES string of the molecule is O=C(NCC(F)(F)F)c1noc(-c2cc(Cl)c(OCc3ccccc3)cc2OCc2ccccc2)c1[N+](=O)[O-]. The Labute approximate surface area is 224 Å². The van der Waals surface area contributed by atoms with Crippen molar-refractivity contribution in [3.63, 3.8) is 0 Å². The Hall–Kier alpha value is -4.58. The Balaban J connectivity index is 1.72. The maximum Gasteiger partial charge on any atom is 0.405 e. The highest BCUT2D eigenvalue weighted by Crippen LogP contribution is 2.43. The van der Waals surface area contributed by atoms with E-state index in [1.807, 2.05) is 36.4 Å². The zero-order valence-corrected chi connectivity index (χ0v) is 20.7. The van der Waals surface area contributed by atoms with Gasteiger partial charge in [-0.2, -0.15) is 13.2 Å². The van der Waals surface area contributed by atoms with Crippen molar-refractivity contribution in [2.75, 3.05) is 6.54 Å². The van der Waals surface area contributed by atoms with Gasteiger partial charge < -0.3 is 19.3 Å². The van der Waals surface area contributed by atoms with Gasteiger partial charge in [0.2, 0.25) is 11.5 Å². The molecule has 39 heavy (non-hydrogen) atoms. The average molecular weight is 562 g/mol. The van der Waals surface area contributed by atoms with Crippen molar-refractivity contribution in [1.29, 1.82) is 0 Å². The molecule has 0 fully saturated rings. The van der Waals surface area contributed by atoms with Crippen LogP contribution in [0.25, 0.3) is 11.3 Å². The molecular formula is C26H19ClF3N3O6. The lowest BCUT2D eigenvalue weighted by Crippen LogP contribution is -2.34. The molecule has 0 radical (unpaired) electrons. The van der Waals surface area contributed by atoms with Gasteiger partial charge in [0, 0.05) is 6.07 Å². The number of ether oxygens (including phenoxy) is 2. The van der Waals surface area contributed by atoms with Crippen molar-refractivity contribution in [2.24, 2.45) is 0 Å². The molecular weight excluding hydrogens is 543 g/mol. The number of nitrogens with zero attached hydrogens (tertiary/aromatic N) is 2. The number of carbonyl (C=O) groups excluding carboxylic acids is 1. The van der Waals surface area contributed by atoms with E-state index in [4.69, 9.17) is 25.6 Å². The standard InChI is InChI=1S/C26H19ClF3N3O6/c27-19-11-18(24-23(33(35)36)22(32-39-24)25(34)31-15-26(28,29)30)20(37-13-16-7-3-1-4-8-16)12-21(19)38-14-17-9-5-2-6-10-17/h1-12H,13-15H2,(H,31,34). The molecule has 4 aromatic rings. The van der Waals surface area contributed by atoms with Gasteiger partial charge in [-0.25, -0.2) is 0 Å². The number of amides is 1. The molecule has 9 nitrogen and oxygen atoms in total. The molecule has 0 saturated heterocycles. The van der Waals surface area contributed by atoms with Gasteiger partial charge in [0.05, 0.1) is 15.5 Å². The van der Waals surface area contributed by atoms with E-state index in [0.717, 1.165) is 11.1 Å². The van der Waals surface area contributed by atoms with Crippen LogP contribution >= 0.6 is 11.6 Å². The van der Waals surface area contributed by atoms with Gasteiger partial charge >= 0.3 is 11.9 Å². The quantitative estimate of drug-likeness (QED) is 0.177. The number of rotatable bonds is 10. The molecule has 13 heteroatoms. The first kappa shape index (κ1) is 27.5. The largest absolute Gasteiger partial charge is 0.488 e. The Bertz CT molecular complexity index is 1460. The molecule has 1 aromatic heterocycles. The van der Waals surface area contributed by atoms with Crippen LogP contribution in [-0.4, -0.2) is 28.7 Å². The van der Waals surface area contributed by atoms with E-state index in [0.29, 0.717) is 0 Å². The number of nitrogens with one attached hydrogen (secondary N) is 1. The second-order valence-electron chi connectivity index (χ2n) is 8.09. The number of halogens is 4. The van der Waals surface area contributed by atoms with Crippen molar-refractivity contribution >= 4 is 23.2 Å². The second kappa shape index (κ2) is 11.9. The van der Waals surface area contributed by atoms with Crippen LogP contribution in [0.15, 0.2) is 77.3 Å². The minimum atomic E-state index is -4.74. The number of hydrogen-bond donors (Lipinski definition) is 1. The number of hydrogen-bond acceptors (Lipinski definition) is 7. The van der Waals surface area contributed by atoms with E-state index in [1.54, 1.807) is 29.6 Å². The monoisotopic (exact) mass is 561 g/mol. The van der Waals surface area contributed by atoms with E-state index in [1.165, 1.54) is 12.1 Å².